The third-order valence-corrected chi connectivity index (χ3v) is 6.18. The molecule has 6 nitrogen and oxygen atoms in total. The largest absolute Gasteiger partial charge is 0.351 e. The van der Waals surface area contributed by atoms with E-state index >= 15 is 0 Å². The molecule has 26 heavy (non-hydrogen) atoms. The third kappa shape index (κ3) is 3.54. The highest BCUT2D eigenvalue weighted by Crippen LogP contribution is 2.43. The van der Waals surface area contributed by atoms with Gasteiger partial charge in [-0.15, -0.1) is 11.3 Å². The molecule has 0 spiro atoms. The van der Waals surface area contributed by atoms with Gasteiger partial charge >= 0.3 is 0 Å². The molecule has 142 valence electrons. The molecule has 0 atom stereocenters. The van der Waals surface area contributed by atoms with Crippen molar-refractivity contribution in [3.63, 3.8) is 0 Å². The molecular formula is C17H22F2N4O2S. The van der Waals surface area contributed by atoms with Crippen molar-refractivity contribution in [3.05, 3.63) is 11.6 Å². The number of thiazole rings is 1. The van der Waals surface area contributed by atoms with Crippen molar-refractivity contribution in [1.82, 2.24) is 15.2 Å². The molecule has 4 rings (SSSR count). The SMILES string of the molecule is O=C(C1CC(F)(F)C1)N1CCC(Nc2nccs2)(C(=O)NC2CC2)CC1. The van der Waals surface area contributed by atoms with E-state index in [1.54, 1.807) is 11.1 Å². The summed E-state index contributed by atoms with van der Waals surface area (Å²) in [7, 11) is 0. The first kappa shape index (κ1) is 17.6. The van der Waals surface area contributed by atoms with E-state index < -0.39 is 17.4 Å². The number of carbonyl (C=O) groups excluding carboxylic acids is 2. The summed E-state index contributed by atoms with van der Waals surface area (Å²) in [6.07, 6.45) is 3.86. The molecule has 1 aromatic heterocycles. The van der Waals surface area contributed by atoms with Crippen molar-refractivity contribution < 1.29 is 18.4 Å². The van der Waals surface area contributed by atoms with Gasteiger partial charge in [-0.05, 0) is 25.7 Å². The Labute approximate surface area is 154 Å². The van der Waals surface area contributed by atoms with E-state index in [1.807, 2.05) is 5.38 Å². The Balaban J connectivity index is 1.41. The smallest absolute Gasteiger partial charge is 0.249 e. The Hall–Kier alpha value is -1.77. The number of anilines is 1. The first-order chi connectivity index (χ1) is 12.4. The van der Waals surface area contributed by atoms with Gasteiger partial charge in [-0.25, -0.2) is 13.8 Å². The number of hydrogen-bond acceptors (Lipinski definition) is 5. The normalized spacial score (nSPS) is 24.6. The summed E-state index contributed by atoms with van der Waals surface area (Å²) in [5.41, 5.74) is -0.805. The zero-order valence-corrected chi connectivity index (χ0v) is 15.2. The highest BCUT2D eigenvalue weighted by Gasteiger charge is 2.51. The van der Waals surface area contributed by atoms with Crippen LogP contribution in [0, 0.1) is 5.92 Å². The molecule has 1 aliphatic heterocycles. The molecule has 0 radical (unpaired) electrons. The summed E-state index contributed by atoms with van der Waals surface area (Å²) in [5, 5.41) is 8.84. The first-order valence-electron chi connectivity index (χ1n) is 9.02. The number of amides is 2. The lowest BCUT2D eigenvalue weighted by Gasteiger charge is -2.44. The molecule has 0 bridgehead atoms. The second kappa shape index (κ2) is 6.44. The zero-order chi connectivity index (χ0) is 18.4. The van der Waals surface area contributed by atoms with E-state index in [2.05, 4.69) is 15.6 Å². The Morgan fingerprint density at radius 1 is 1.23 bits per heavy atom. The van der Waals surface area contributed by atoms with Gasteiger partial charge in [-0.2, -0.15) is 0 Å². The van der Waals surface area contributed by atoms with Crippen molar-refractivity contribution in [2.75, 3.05) is 18.4 Å². The topological polar surface area (TPSA) is 74.3 Å². The molecule has 2 aliphatic carbocycles. The van der Waals surface area contributed by atoms with Gasteiger partial charge in [0.1, 0.15) is 5.54 Å². The third-order valence-electron chi connectivity index (χ3n) is 5.49. The average molecular weight is 384 g/mol. The van der Waals surface area contributed by atoms with Crippen LogP contribution in [0.2, 0.25) is 0 Å². The minimum atomic E-state index is -2.70. The summed E-state index contributed by atoms with van der Waals surface area (Å²) in [6, 6.07) is 0.245. The lowest BCUT2D eigenvalue weighted by molar-refractivity contribution is -0.161. The van der Waals surface area contributed by atoms with Gasteiger partial charge in [0.05, 0.1) is 0 Å². The molecule has 1 aromatic rings. The van der Waals surface area contributed by atoms with Crippen LogP contribution in [0.1, 0.15) is 38.5 Å². The molecule has 3 aliphatic rings. The van der Waals surface area contributed by atoms with Crippen molar-refractivity contribution in [2.24, 2.45) is 5.92 Å². The monoisotopic (exact) mass is 384 g/mol. The maximum Gasteiger partial charge on any atom is 0.249 e. The molecule has 3 fully saturated rings. The standard InChI is InChI=1S/C17H22F2N4O2S/c18-17(19)9-11(10-17)13(24)23-6-3-16(4-7-23,14(25)21-12-1-2-12)22-15-20-5-8-26-15/h5,8,11-12H,1-4,6-7,9-10H2,(H,20,22)(H,21,25). The van der Waals surface area contributed by atoms with Gasteiger partial charge in [0.25, 0.3) is 0 Å². The van der Waals surface area contributed by atoms with Gasteiger partial charge in [0, 0.05) is 49.5 Å². The van der Waals surface area contributed by atoms with Gasteiger partial charge in [-0.1, -0.05) is 0 Å². The van der Waals surface area contributed by atoms with Crippen molar-refractivity contribution in [3.8, 4) is 0 Å². The molecule has 0 unspecified atom stereocenters. The molecule has 0 aromatic carbocycles. The maximum absolute atomic E-state index is 13.0. The van der Waals surface area contributed by atoms with E-state index in [-0.39, 0.29) is 30.7 Å². The molecule has 2 heterocycles. The van der Waals surface area contributed by atoms with Crippen LogP contribution in [0.25, 0.3) is 0 Å². The molecule has 2 amide bonds. The molecule has 2 N–H and O–H groups in total. The van der Waals surface area contributed by atoms with Crippen molar-refractivity contribution in [1.29, 1.82) is 0 Å². The lowest BCUT2D eigenvalue weighted by Crippen LogP contribution is -2.60. The van der Waals surface area contributed by atoms with Crippen LogP contribution < -0.4 is 10.6 Å². The van der Waals surface area contributed by atoms with E-state index in [4.69, 9.17) is 0 Å². The predicted octanol–water partition coefficient (Wildman–Crippen LogP) is 2.24. The quantitative estimate of drug-likeness (QED) is 0.817. The summed E-state index contributed by atoms with van der Waals surface area (Å²) >= 11 is 1.43. The number of carbonyl (C=O) groups is 2. The number of rotatable bonds is 5. The van der Waals surface area contributed by atoms with Crippen molar-refractivity contribution >= 4 is 28.3 Å². The van der Waals surface area contributed by atoms with Gasteiger partial charge < -0.3 is 15.5 Å². The fourth-order valence-corrected chi connectivity index (χ4v) is 4.28. The summed E-state index contributed by atoms with van der Waals surface area (Å²) in [4.78, 5) is 31.1. The number of halogens is 2. The number of piperidine rings is 1. The summed E-state index contributed by atoms with van der Waals surface area (Å²) < 4.78 is 26.1. The van der Waals surface area contributed by atoms with E-state index in [9.17, 15) is 18.4 Å². The van der Waals surface area contributed by atoms with Gasteiger partial charge in [0.2, 0.25) is 17.7 Å². The molecular weight excluding hydrogens is 362 g/mol. The van der Waals surface area contributed by atoms with Crippen LogP contribution in [0.3, 0.4) is 0 Å². The highest BCUT2D eigenvalue weighted by atomic mass is 32.1. The molecule has 1 saturated heterocycles. The minimum Gasteiger partial charge on any atom is -0.351 e. The van der Waals surface area contributed by atoms with Crippen LogP contribution in [-0.4, -0.2) is 52.3 Å². The number of alkyl halides is 2. The maximum atomic E-state index is 13.0. The van der Waals surface area contributed by atoms with Crippen LogP contribution in [0.5, 0.6) is 0 Å². The van der Waals surface area contributed by atoms with E-state index in [1.165, 1.54) is 11.3 Å². The summed E-state index contributed by atoms with van der Waals surface area (Å²) in [5.74, 6) is -3.54. The number of aromatic nitrogens is 1. The first-order valence-corrected chi connectivity index (χ1v) is 9.90. The Morgan fingerprint density at radius 3 is 2.46 bits per heavy atom. The van der Waals surface area contributed by atoms with Crippen LogP contribution in [0.4, 0.5) is 13.9 Å². The fourth-order valence-electron chi connectivity index (χ4n) is 3.65. The minimum absolute atomic E-state index is 0.0579. The predicted molar refractivity (Wildman–Crippen MR) is 93.1 cm³/mol. The lowest BCUT2D eigenvalue weighted by atomic mass is 9.79. The number of nitrogens with one attached hydrogen (secondary N) is 2. The Bertz CT molecular complexity index is 677. The van der Waals surface area contributed by atoms with Crippen molar-refractivity contribution in [2.45, 2.75) is 56.0 Å². The Morgan fingerprint density at radius 2 is 1.92 bits per heavy atom. The Kier molecular flexibility index (Phi) is 4.37. The fraction of sp³-hybridized carbons (Fsp3) is 0.706. The van der Waals surface area contributed by atoms with Gasteiger partial charge in [-0.3, -0.25) is 9.59 Å². The second-order valence-corrected chi connectivity index (χ2v) is 8.47. The van der Waals surface area contributed by atoms with Crippen LogP contribution in [0.15, 0.2) is 11.6 Å². The van der Waals surface area contributed by atoms with Crippen LogP contribution in [-0.2, 0) is 9.59 Å². The average Bonchev–Trinajstić information content (AvgIpc) is 3.26. The van der Waals surface area contributed by atoms with Gasteiger partial charge in [0.15, 0.2) is 5.13 Å². The van der Waals surface area contributed by atoms with Crippen LogP contribution >= 0.6 is 11.3 Å². The molecule has 9 heteroatoms. The number of likely N-dealkylation sites (tertiary alicyclic amines) is 1. The highest BCUT2D eigenvalue weighted by molar-refractivity contribution is 7.13. The second-order valence-electron chi connectivity index (χ2n) is 7.58. The van der Waals surface area contributed by atoms with E-state index in [0.29, 0.717) is 31.1 Å². The summed E-state index contributed by atoms with van der Waals surface area (Å²) in [6.45, 7) is 0.773. The zero-order valence-electron chi connectivity index (χ0n) is 14.3. The molecule has 2 saturated carbocycles. The number of nitrogens with zero attached hydrogens (tertiary/aromatic N) is 2. The van der Waals surface area contributed by atoms with E-state index in [0.717, 1.165) is 12.8 Å². The number of hydrogen-bond donors (Lipinski definition) is 2.